The highest BCUT2D eigenvalue weighted by atomic mass is 19.1. The molecule has 1 saturated heterocycles. The van der Waals surface area contributed by atoms with Crippen LogP contribution >= 0.6 is 0 Å². The Morgan fingerprint density at radius 2 is 2.13 bits per heavy atom. The molecule has 0 aliphatic carbocycles. The van der Waals surface area contributed by atoms with Gasteiger partial charge >= 0.3 is 0 Å². The molecule has 1 aliphatic heterocycles. The lowest BCUT2D eigenvalue weighted by atomic mass is 10.1. The first-order chi connectivity index (χ1) is 11.1. The Balaban J connectivity index is 1.86. The quantitative estimate of drug-likeness (QED) is 0.872. The van der Waals surface area contributed by atoms with Gasteiger partial charge in [0.1, 0.15) is 5.82 Å². The van der Waals surface area contributed by atoms with Crippen molar-refractivity contribution in [1.82, 2.24) is 9.88 Å². The number of pyridine rings is 1. The summed E-state index contributed by atoms with van der Waals surface area (Å²) in [4.78, 5) is 20.6. The van der Waals surface area contributed by atoms with Crippen LogP contribution in [0.15, 0.2) is 42.6 Å². The van der Waals surface area contributed by atoms with Gasteiger partial charge in [0.2, 0.25) is 0 Å². The highest BCUT2D eigenvalue weighted by Crippen LogP contribution is 2.32. The molecule has 1 atom stereocenters. The fraction of sp³-hybridized carbons (Fsp3) is 0.333. The fourth-order valence-electron chi connectivity index (χ4n) is 3.06. The summed E-state index contributed by atoms with van der Waals surface area (Å²) in [5.74, 6) is -0.517. The van der Waals surface area contributed by atoms with Gasteiger partial charge < -0.3 is 9.80 Å². The molecule has 1 fully saturated rings. The summed E-state index contributed by atoms with van der Waals surface area (Å²) < 4.78 is 14.1. The third-order valence-electron chi connectivity index (χ3n) is 4.22. The minimum Gasteiger partial charge on any atom is -0.375 e. The number of aromatic nitrogens is 1. The number of carbonyl (C=O) groups excluding carboxylic acids is 1. The standard InChI is InChI=1S/C18H20FN3O/c1-21(2)16-9-8-13(12-14(16)19)18(23)22-11-5-7-17(22)15-6-3-4-10-20-15/h3-4,6,8-10,12,17H,5,7,11H2,1-2H3. The van der Waals surface area contributed by atoms with Gasteiger partial charge in [-0.2, -0.15) is 0 Å². The molecular formula is C18H20FN3O. The van der Waals surface area contributed by atoms with Crippen LogP contribution < -0.4 is 4.90 Å². The summed E-state index contributed by atoms with van der Waals surface area (Å²) in [7, 11) is 3.55. The van der Waals surface area contributed by atoms with E-state index in [1.807, 2.05) is 18.2 Å². The Morgan fingerprint density at radius 1 is 1.30 bits per heavy atom. The lowest BCUT2D eigenvalue weighted by Crippen LogP contribution is -2.31. The predicted molar refractivity (Wildman–Crippen MR) is 88.0 cm³/mol. The van der Waals surface area contributed by atoms with Gasteiger partial charge in [-0.15, -0.1) is 0 Å². The van der Waals surface area contributed by atoms with Gasteiger partial charge in [-0.3, -0.25) is 9.78 Å². The van der Waals surface area contributed by atoms with E-state index < -0.39 is 0 Å². The zero-order valence-electron chi connectivity index (χ0n) is 13.4. The summed E-state index contributed by atoms with van der Waals surface area (Å²) in [6.45, 7) is 0.678. The number of benzene rings is 1. The van der Waals surface area contributed by atoms with Gasteiger partial charge in [0.05, 0.1) is 17.4 Å². The van der Waals surface area contributed by atoms with Crippen molar-refractivity contribution in [3.05, 3.63) is 59.7 Å². The van der Waals surface area contributed by atoms with E-state index in [9.17, 15) is 9.18 Å². The lowest BCUT2D eigenvalue weighted by molar-refractivity contribution is 0.0732. The maximum absolute atomic E-state index is 14.1. The van der Waals surface area contributed by atoms with Crippen molar-refractivity contribution >= 4 is 11.6 Å². The van der Waals surface area contributed by atoms with E-state index in [0.717, 1.165) is 18.5 Å². The predicted octanol–water partition coefficient (Wildman–Crippen LogP) is 3.26. The van der Waals surface area contributed by atoms with E-state index in [2.05, 4.69) is 4.98 Å². The third kappa shape index (κ3) is 3.04. The second kappa shape index (κ2) is 6.36. The smallest absolute Gasteiger partial charge is 0.254 e. The summed E-state index contributed by atoms with van der Waals surface area (Å²) in [5.41, 5.74) is 1.75. The van der Waals surface area contributed by atoms with Crippen LogP contribution in [0.25, 0.3) is 0 Å². The number of likely N-dealkylation sites (tertiary alicyclic amines) is 1. The van der Waals surface area contributed by atoms with Crippen molar-refractivity contribution in [3.63, 3.8) is 0 Å². The van der Waals surface area contributed by atoms with Crippen molar-refractivity contribution in [2.24, 2.45) is 0 Å². The van der Waals surface area contributed by atoms with Crippen LogP contribution in [0.3, 0.4) is 0 Å². The van der Waals surface area contributed by atoms with Crippen LogP contribution in [-0.4, -0.2) is 36.4 Å². The molecule has 0 bridgehead atoms. The van der Waals surface area contributed by atoms with Gasteiger partial charge in [-0.1, -0.05) is 6.07 Å². The van der Waals surface area contributed by atoms with E-state index in [0.29, 0.717) is 17.8 Å². The lowest BCUT2D eigenvalue weighted by Gasteiger charge is -2.24. The second-order valence-corrected chi connectivity index (χ2v) is 5.97. The average molecular weight is 313 g/mol. The third-order valence-corrected chi connectivity index (χ3v) is 4.22. The van der Waals surface area contributed by atoms with Gasteiger partial charge in [-0.05, 0) is 43.2 Å². The van der Waals surface area contributed by atoms with Gasteiger partial charge in [0.15, 0.2) is 0 Å². The molecule has 1 aromatic carbocycles. The molecule has 0 N–H and O–H groups in total. The molecule has 1 amide bonds. The normalized spacial score (nSPS) is 17.3. The summed E-state index contributed by atoms with van der Waals surface area (Å²) in [5, 5.41) is 0. The Hall–Kier alpha value is -2.43. The van der Waals surface area contributed by atoms with Crippen molar-refractivity contribution < 1.29 is 9.18 Å². The number of amides is 1. The summed E-state index contributed by atoms with van der Waals surface area (Å²) in [6.07, 6.45) is 3.56. The molecule has 120 valence electrons. The van der Waals surface area contributed by atoms with E-state index >= 15 is 0 Å². The maximum atomic E-state index is 14.1. The maximum Gasteiger partial charge on any atom is 0.254 e. The number of halogens is 1. The SMILES string of the molecule is CN(C)c1ccc(C(=O)N2CCCC2c2ccccn2)cc1F. The molecule has 4 nitrogen and oxygen atoms in total. The molecular weight excluding hydrogens is 293 g/mol. The first kappa shape index (κ1) is 15.5. The molecule has 0 saturated carbocycles. The summed E-state index contributed by atoms with van der Waals surface area (Å²) in [6, 6.07) is 10.4. The number of nitrogens with zero attached hydrogens (tertiary/aromatic N) is 3. The first-order valence-electron chi connectivity index (χ1n) is 7.76. The zero-order chi connectivity index (χ0) is 16.4. The van der Waals surface area contributed by atoms with Crippen molar-refractivity contribution in [2.45, 2.75) is 18.9 Å². The number of hydrogen-bond donors (Lipinski definition) is 0. The Labute approximate surface area is 135 Å². The minimum absolute atomic E-state index is 0.0275. The highest BCUT2D eigenvalue weighted by molar-refractivity contribution is 5.95. The van der Waals surface area contributed by atoms with Crippen molar-refractivity contribution in [3.8, 4) is 0 Å². The number of carbonyl (C=O) groups is 1. The monoisotopic (exact) mass is 313 g/mol. The van der Waals surface area contributed by atoms with Crippen molar-refractivity contribution in [2.75, 3.05) is 25.5 Å². The number of anilines is 1. The van der Waals surface area contributed by atoms with Crippen LogP contribution in [-0.2, 0) is 0 Å². The molecule has 0 spiro atoms. The molecule has 1 unspecified atom stereocenters. The van der Waals surface area contributed by atoms with Gasteiger partial charge in [-0.25, -0.2) is 4.39 Å². The molecule has 23 heavy (non-hydrogen) atoms. The van der Waals surface area contributed by atoms with Crippen LogP contribution in [0.5, 0.6) is 0 Å². The highest BCUT2D eigenvalue weighted by Gasteiger charge is 2.31. The average Bonchev–Trinajstić information content (AvgIpc) is 3.04. The van der Waals surface area contributed by atoms with Crippen LogP contribution in [0.4, 0.5) is 10.1 Å². The number of rotatable bonds is 3. The van der Waals surface area contributed by atoms with Gasteiger partial charge in [0, 0.05) is 32.4 Å². The van der Waals surface area contributed by atoms with Crippen LogP contribution in [0.2, 0.25) is 0 Å². The van der Waals surface area contributed by atoms with Gasteiger partial charge in [0.25, 0.3) is 5.91 Å². The zero-order valence-corrected chi connectivity index (χ0v) is 13.4. The molecule has 1 aliphatic rings. The largest absolute Gasteiger partial charge is 0.375 e. The molecule has 2 heterocycles. The molecule has 1 aromatic heterocycles. The first-order valence-corrected chi connectivity index (χ1v) is 7.76. The molecule has 3 rings (SSSR count). The van der Waals surface area contributed by atoms with E-state index in [4.69, 9.17) is 0 Å². The van der Waals surface area contributed by atoms with Crippen molar-refractivity contribution in [1.29, 1.82) is 0 Å². The van der Waals surface area contributed by atoms with E-state index in [1.165, 1.54) is 6.07 Å². The fourth-order valence-corrected chi connectivity index (χ4v) is 3.06. The van der Waals surface area contributed by atoms with E-state index in [-0.39, 0.29) is 17.8 Å². The van der Waals surface area contributed by atoms with E-state index in [1.54, 1.807) is 42.2 Å². The van der Waals surface area contributed by atoms with Crippen LogP contribution in [0, 0.1) is 5.82 Å². The Morgan fingerprint density at radius 3 is 2.78 bits per heavy atom. The topological polar surface area (TPSA) is 36.4 Å². The Kier molecular flexibility index (Phi) is 4.28. The molecule has 5 heteroatoms. The second-order valence-electron chi connectivity index (χ2n) is 5.97. The van der Waals surface area contributed by atoms with Crippen LogP contribution in [0.1, 0.15) is 34.9 Å². The minimum atomic E-state index is -0.380. The molecule has 0 radical (unpaired) electrons. The summed E-state index contributed by atoms with van der Waals surface area (Å²) >= 11 is 0. The number of hydrogen-bond acceptors (Lipinski definition) is 3. The molecule has 2 aromatic rings. The Bertz CT molecular complexity index is 703.